The van der Waals surface area contributed by atoms with Gasteiger partial charge in [0.05, 0.1) is 6.04 Å². The minimum absolute atomic E-state index is 0.162. The van der Waals surface area contributed by atoms with E-state index >= 15 is 0 Å². The summed E-state index contributed by atoms with van der Waals surface area (Å²) < 4.78 is 0. The van der Waals surface area contributed by atoms with Gasteiger partial charge in [0.2, 0.25) is 0 Å². The van der Waals surface area contributed by atoms with Gasteiger partial charge in [-0.2, -0.15) is 0 Å². The van der Waals surface area contributed by atoms with E-state index in [2.05, 4.69) is 32.8 Å². The third-order valence-corrected chi connectivity index (χ3v) is 4.75. The Hall–Kier alpha value is -2.89. The second-order valence-electron chi connectivity index (χ2n) is 6.44. The lowest BCUT2D eigenvalue weighted by Crippen LogP contribution is -2.35. The molecule has 0 aromatic carbocycles. The number of aryl methyl sites for hydroxylation is 1. The lowest BCUT2D eigenvalue weighted by atomic mass is 10.0. The largest absolute Gasteiger partial charge is 0.346 e. The van der Waals surface area contributed by atoms with E-state index in [9.17, 15) is 0 Å². The molecule has 0 spiro atoms. The summed E-state index contributed by atoms with van der Waals surface area (Å²) in [4.78, 5) is 25.0. The van der Waals surface area contributed by atoms with E-state index in [-0.39, 0.29) is 6.04 Å². The standard InChI is InChI=1S/C20H22N6/c1-2-16-14-18(25-19(24-16)15-7-11-21-12-8-15)26-13-4-3-6-17(26)20-22-9-5-10-23-20/h5,7-12,14,17H,2-4,6,13H2,1H3. The van der Waals surface area contributed by atoms with Gasteiger partial charge in [0, 0.05) is 48.7 Å². The third-order valence-electron chi connectivity index (χ3n) is 4.75. The number of aromatic nitrogens is 5. The molecule has 1 atom stereocenters. The average Bonchev–Trinajstić information content (AvgIpc) is 2.74. The zero-order chi connectivity index (χ0) is 17.8. The van der Waals surface area contributed by atoms with Crippen LogP contribution in [0.5, 0.6) is 0 Å². The Morgan fingerprint density at radius 2 is 1.85 bits per heavy atom. The number of rotatable bonds is 4. The van der Waals surface area contributed by atoms with Crippen LogP contribution < -0.4 is 4.90 Å². The second kappa shape index (κ2) is 7.56. The van der Waals surface area contributed by atoms with Crippen LogP contribution in [-0.2, 0) is 6.42 Å². The first-order valence-corrected chi connectivity index (χ1v) is 9.17. The molecule has 0 radical (unpaired) electrons. The first-order chi connectivity index (χ1) is 12.8. The quantitative estimate of drug-likeness (QED) is 0.719. The Balaban J connectivity index is 1.75. The van der Waals surface area contributed by atoms with Gasteiger partial charge in [0.15, 0.2) is 11.6 Å². The highest BCUT2D eigenvalue weighted by Crippen LogP contribution is 2.33. The summed E-state index contributed by atoms with van der Waals surface area (Å²) in [5.74, 6) is 2.58. The fourth-order valence-corrected chi connectivity index (χ4v) is 3.40. The predicted octanol–water partition coefficient (Wildman–Crippen LogP) is 3.62. The molecule has 132 valence electrons. The van der Waals surface area contributed by atoms with Gasteiger partial charge in [0.1, 0.15) is 5.82 Å². The summed E-state index contributed by atoms with van der Waals surface area (Å²) >= 11 is 0. The van der Waals surface area contributed by atoms with Crippen molar-refractivity contribution in [2.24, 2.45) is 0 Å². The third kappa shape index (κ3) is 3.40. The average molecular weight is 346 g/mol. The molecule has 0 saturated carbocycles. The van der Waals surface area contributed by atoms with Crippen molar-refractivity contribution in [1.29, 1.82) is 0 Å². The van der Waals surface area contributed by atoms with E-state index in [1.54, 1.807) is 12.4 Å². The Morgan fingerprint density at radius 3 is 2.62 bits per heavy atom. The van der Waals surface area contributed by atoms with Gasteiger partial charge < -0.3 is 4.90 Å². The first-order valence-electron chi connectivity index (χ1n) is 9.17. The molecule has 3 aromatic rings. The van der Waals surface area contributed by atoms with Gasteiger partial charge in [-0.25, -0.2) is 19.9 Å². The number of pyridine rings is 1. The molecule has 1 aliphatic rings. The number of piperidine rings is 1. The molecule has 3 aromatic heterocycles. The molecule has 1 unspecified atom stereocenters. The van der Waals surface area contributed by atoms with Crippen LogP contribution in [0.2, 0.25) is 0 Å². The normalized spacial score (nSPS) is 17.3. The van der Waals surface area contributed by atoms with Crippen molar-refractivity contribution < 1.29 is 0 Å². The molecule has 6 nitrogen and oxygen atoms in total. The Kier molecular flexibility index (Phi) is 4.82. The van der Waals surface area contributed by atoms with Crippen molar-refractivity contribution in [3.8, 4) is 11.4 Å². The van der Waals surface area contributed by atoms with Crippen molar-refractivity contribution >= 4 is 5.82 Å². The van der Waals surface area contributed by atoms with Crippen molar-refractivity contribution in [3.05, 3.63) is 60.6 Å². The highest BCUT2D eigenvalue weighted by atomic mass is 15.2. The Bertz CT molecular complexity index is 853. The SMILES string of the molecule is CCc1cc(N2CCCCC2c2ncccn2)nc(-c2ccncc2)n1. The van der Waals surface area contributed by atoms with Gasteiger partial charge >= 0.3 is 0 Å². The molecule has 0 amide bonds. The summed E-state index contributed by atoms with van der Waals surface area (Å²) in [5.41, 5.74) is 2.03. The number of hydrogen-bond donors (Lipinski definition) is 0. The molecule has 0 N–H and O–H groups in total. The minimum Gasteiger partial charge on any atom is -0.346 e. The van der Waals surface area contributed by atoms with Crippen LogP contribution in [0.1, 0.15) is 43.7 Å². The van der Waals surface area contributed by atoms with E-state index in [1.807, 2.05) is 30.6 Å². The molecule has 0 aliphatic carbocycles. The maximum absolute atomic E-state index is 4.88. The van der Waals surface area contributed by atoms with Gasteiger partial charge in [-0.05, 0) is 43.9 Å². The summed E-state index contributed by atoms with van der Waals surface area (Å²) in [6.45, 7) is 3.08. The van der Waals surface area contributed by atoms with Gasteiger partial charge in [-0.3, -0.25) is 4.98 Å². The molecule has 4 rings (SSSR count). The lowest BCUT2D eigenvalue weighted by molar-refractivity contribution is 0.452. The van der Waals surface area contributed by atoms with Gasteiger partial charge in [-0.15, -0.1) is 0 Å². The van der Waals surface area contributed by atoms with Crippen LogP contribution in [0.3, 0.4) is 0 Å². The number of anilines is 1. The summed E-state index contributed by atoms with van der Waals surface area (Å²) in [6.07, 6.45) is 11.4. The van der Waals surface area contributed by atoms with Crippen molar-refractivity contribution in [2.45, 2.75) is 38.6 Å². The van der Waals surface area contributed by atoms with Crippen LogP contribution in [0.4, 0.5) is 5.82 Å². The van der Waals surface area contributed by atoms with E-state index in [0.29, 0.717) is 0 Å². The predicted molar refractivity (Wildman–Crippen MR) is 101 cm³/mol. The van der Waals surface area contributed by atoms with Crippen LogP contribution in [0.25, 0.3) is 11.4 Å². The Labute approximate surface area is 153 Å². The maximum atomic E-state index is 4.88. The minimum atomic E-state index is 0.162. The zero-order valence-electron chi connectivity index (χ0n) is 14.9. The van der Waals surface area contributed by atoms with E-state index in [4.69, 9.17) is 9.97 Å². The van der Waals surface area contributed by atoms with Crippen LogP contribution in [-0.4, -0.2) is 31.5 Å². The molecular weight excluding hydrogens is 324 g/mol. The lowest BCUT2D eigenvalue weighted by Gasteiger charge is -2.35. The first kappa shape index (κ1) is 16.6. The van der Waals surface area contributed by atoms with Crippen molar-refractivity contribution in [1.82, 2.24) is 24.9 Å². The van der Waals surface area contributed by atoms with Crippen LogP contribution in [0.15, 0.2) is 49.1 Å². The zero-order valence-corrected chi connectivity index (χ0v) is 14.9. The Morgan fingerprint density at radius 1 is 1.04 bits per heavy atom. The van der Waals surface area contributed by atoms with E-state index in [1.165, 1.54) is 6.42 Å². The molecule has 0 bridgehead atoms. The molecule has 26 heavy (non-hydrogen) atoms. The second-order valence-corrected chi connectivity index (χ2v) is 6.44. The summed E-state index contributed by atoms with van der Waals surface area (Å²) in [6, 6.07) is 8.03. The van der Waals surface area contributed by atoms with Crippen molar-refractivity contribution in [2.75, 3.05) is 11.4 Å². The van der Waals surface area contributed by atoms with Gasteiger partial charge in [-0.1, -0.05) is 6.92 Å². The number of hydrogen-bond acceptors (Lipinski definition) is 6. The smallest absolute Gasteiger partial charge is 0.161 e. The molecular formula is C20H22N6. The molecule has 1 saturated heterocycles. The topological polar surface area (TPSA) is 67.7 Å². The molecule has 1 aliphatic heterocycles. The fourth-order valence-electron chi connectivity index (χ4n) is 3.40. The monoisotopic (exact) mass is 346 g/mol. The van der Waals surface area contributed by atoms with Crippen LogP contribution in [0, 0.1) is 0 Å². The summed E-state index contributed by atoms with van der Waals surface area (Å²) in [7, 11) is 0. The highest BCUT2D eigenvalue weighted by molar-refractivity contribution is 5.57. The van der Waals surface area contributed by atoms with Gasteiger partial charge in [0.25, 0.3) is 0 Å². The van der Waals surface area contributed by atoms with Crippen LogP contribution >= 0.6 is 0 Å². The maximum Gasteiger partial charge on any atom is 0.161 e. The fraction of sp³-hybridized carbons (Fsp3) is 0.350. The molecule has 6 heteroatoms. The molecule has 1 fully saturated rings. The molecule has 4 heterocycles. The van der Waals surface area contributed by atoms with E-state index in [0.717, 1.165) is 54.5 Å². The number of nitrogens with zero attached hydrogens (tertiary/aromatic N) is 6. The summed E-state index contributed by atoms with van der Waals surface area (Å²) in [5, 5.41) is 0. The van der Waals surface area contributed by atoms with Crippen molar-refractivity contribution in [3.63, 3.8) is 0 Å². The van der Waals surface area contributed by atoms with E-state index < -0.39 is 0 Å². The highest BCUT2D eigenvalue weighted by Gasteiger charge is 2.27.